The highest BCUT2D eigenvalue weighted by molar-refractivity contribution is 6.00. The molecule has 1 aromatic rings. The first-order valence-corrected chi connectivity index (χ1v) is 7.70. The Kier molecular flexibility index (Phi) is 3.90. The van der Waals surface area contributed by atoms with Crippen molar-refractivity contribution in [1.82, 2.24) is 4.90 Å². The fraction of sp³-hybridized carbons (Fsp3) is 0.562. The first-order valence-electron chi connectivity index (χ1n) is 7.70. The first-order chi connectivity index (χ1) is 10.2. The van der Waals surface area contributed by atoms with Crippen LogP contribution in [0.15, 0.2) is 12.1 Å². The summed E-state index contributed by atoms with van der Waals surface area (Å²) in [6.07, 6.45) is 5.49. The van der Waals surface area contributed by atoms with Gasteiger partial charge in [0.1, 0.15) is 0 Å². The van der Waals surface area contributed by atoms with E-state index < -0.39 is 0 Å². The highest BCUT2D eigenvalue weighted by Gasteiger charge is 2.29. The summed E-state index contributed by atoms with van der Waals surface area (Å²) < 4.78 is 10.6. The Hall–Kier alpha value is -1.91. The normalized spacial score (nSPS) is 20.6. The number of amides is 1. The molecule has 0 aromatic heterocycles. The minimum Gasteiger partial charge on any atom is -0.454 e. The van der Waals surface area contributed by atoms with Gasteiger partial charge in [-0.25, -0.2) is 0 Å². The molecule has 1 unspecified atom stereocenters. The minimum absolute atomic E-state index is 0.0175. The summed E-state index contributed by atoms with van der Waals surface area (Å²) in [6, 6.07) is 3.74. The summed E-state index contributed by atoms with van der Waals surface area (Å²) in [5.74, 6) is 1.24. The molecule has 1 fully saturated rings. The van der Waals surface area contributed by atoms with E-state index in [1.165, 1.54) is 6.42 Å². The van der Waals surface area contributed by atoms with E-state index in [2.05, 4.69) is 6.92 Å². The number of rotatable bonds is 3. The van der Waals surface area contributed by atoms with E-state index in [0.717, 1.165) is 32.2 Å². The lowest BCUT2D eigenvalue weighted by molar-refractivity contribution is 0.0601. The van der Waals surface area contributed by atoms with Gasteiger partial charge in [0.15, 0.2) is 11.5 Å². The lowest BCUT2D eigenvalue weighted by atomic mass is 9.97. The van der Waals surface area contributed by atoms with E-state index in [4.69, 9.17) is 15.2 Å². The fourth-order valence-electron chi connectivity index (χ4n) is 3.20. The van der Waals surface area contributed by atoms with Crippen molar-refractivity contribution in [3.8, 4) is 11.5 Å². The molecule has 2 aliphatic heterocycles. The Labute approximate surface area is 125 Å². The van der Waals surface area contributed by atoms with Crippen molar-refractivity contribution >= 4 is 11.6 Å². The van der Waals surface area contributed by atoms with Gasteiger partial charge in [-0.15, -0.1) is 0 Å². The van der Waals surface area contributed by atoms with Crippen LogP contribution in [0.4, 0.5) is 5.69 Å². The van der Waals surface area contributed by atoms with Crippen molar-refractivity contribution in [2.45, 2.75) is 45.1 Å². The Balaban J connectivity index is 1.87. The first kappa shape index (κ1) is 14.0. The molecule has 1 saturated heterocycles. The van der Waals surface area contributed by atoms with Gasteiger partial charge in [0, 0.05) is 24.3 Å². The number of benzene rings is 1. The number of anilines is 1. The zero-order chi connectivity index (χ0) is 14.8. The van der Waals surface area contributed by atoms with E-state index in [1.807, 2.05) is 4.90 Å². The molecule has 114 valence electrons. The molecule has 0 spiro atoms. The number of nitrogen functional groups attached to an aromatic ring is 1. The zero-order valence-electron chi connectivity index (χ0n) is 12.4. The quantitative estimate of drug-likeness (QED) is 0.869. The Morgan fingerprint density at radius 3 is 2.86 bits per heavy atom. The highest BCUT2D eigenvalue weighted by atomic mass is 16.7. The van der Waals surface area contributed by atoms with Crippen molar-refractivity contribution in [3.05, 3.63) is 17.7 Å². The summed E-state index contributed by atoms with van der Waals surface area (Å²) in [6.45, 7) is 3.16. The van der Waals surface area contributed by atoms with Gasteiger partial charge < -0.3 is 20.1 Å². The molecule has 0 aliphatic carbocycles. The SMILES string of the molecule is CCCC1CCCCN1C(=O)c1cc2c(cc1N)OCO2. The third-order valence-corrected chi connectivity index (χ3v) is 4.29. The number of hydrogen-bond acceptors (Lipinski definition) is 4. The average Bonchev–Trinajstić information content (AvgIpc) is 2.94. The monoisotopic (exact) mass is 290 g/mol. The molecule has 2 heterocycles. The molecule has 3 rings (SSSR count). The maximum atomic E-state index is 12.9. The molecule has 5 heteroatoms. The van der Waals surface area contributed by atoms with Gasteiger partial charge in [-0.1, -0.05) is 13.3 Å². The third kappa shape index (κ3) is 2.64. The maximum absolute atomic E-state index is 12.9. The molecule has 0 radical (unpaired) electrons. The van der Waals surface area contributed by atoms with Crippen LogP contribution < -0.4 is 15.2 Å². The average molecular weight is 290 g/mol. The van der Waals surface area contributed by atoms with Crippen LogP contribution in [0.2, 0.25) is 0 Å². The molecule has 1 amide bonds. The summed E-state index contributed by atoms with van der Waals surface area (Å²) in [5.41, 5.74) is 7.03. The molecular weight excluding hydrogens is 268 g/mol. The summed E-state index contributed by atoms with van der Waals surface area (Å²) in [4.78, 5) is 14.8. The predicted molar refractivity (Wildman–Crippen MR) is 80.6 cm³/mol. The molecule has 2 aliphatic rings. The van der Waals surface area contributed by atoms with Crippen molar-refractivity contribution < 1.29 is 14.3 Å². The summed E-state index contributed by atoms with van der Waals surface area (Å²) in [5, 5.41) is 0. The van der Waals surface area contributed by atoms with Crippen LogP contribution in [0.25, 0.3) is 0 Å². The van der Waals surface area contributed by atoms with E-state index in [1.54, 1.807) is 12.1 Å². The molecule has 5 nitrogen and oxygen atoms in total. The smallest absolute Gasteiger partial charge is 0.256 e. The number of nitrogens with zero attached hydrogens (tertiary/aromatic N) is 1. The van der Waals surface area contributed by atoms with E-state index in [9.17, 15) is 4.79 Å². The van der Waals surface area contributed by atoms with Gasteiger partial charge in [0.2, 0.25) is 6.79 Å². The van der Waals surface area contributed by atoms with Crippen molar-refractivity contribution in [2.75, 3.05) is 19.1 Å². The van der Waals surface area contributed by atoms with Crippen LogP contribution in [-0.4, -0.2) is 30.2 Å². The number of carbonyl (C=O) groups excluding carboxylic acids is 1. The van der Waals surface area contributed by atoms with Crippen LogP contribution in [0.3, 0.4) is 0 Å². The molecule has 21 heavy (non-hydrogen) atoms. The lowest BCUT2D eigenvalue weighted by Crippen LogP contribution is -2.43. The number of carbonyl (C=O) groups is 1. The zero-order valence-corrected chi connectivity index (χ0v) is 12.4. The highest BCUT2D eigenvalue weighted by Crippen LogP contribution is 2.37. The lowest BCUT2D eigenvalue weighted by Gasteiger charge is -2.36. The van der Waals surface area contributed by atoms with E-state index in [0.29, 0.717) is 28.8 Å². The molecule has 1 aromatic carbocycles. The van der Waals surface area contributed by atoms with Crippen molar-refractivity contribution in [1.29, 1.82) is 0 Å². The minimum atomic E-state index is 0.0175. The maximum Gasteiger partial charge on any atom is 0.256 e. The van der Waals surface area contributed by atoms with Gasteiger partial charge in [0.05, 0.1) is 5.56 Å². The van der Waals surface area contributed by atoms with E-state index in [-0.39, 0.29) is 12.7 Å². The van der Waals surface area contributed by atoms with Gasteiger partial charge >= 0.3 is 0 Å². The predicted octanol–water partition coefficient (Wildman–Crippen LogP) is 2.79. The molecule has 0 bridgehead atoms. The van der Waals surface area contributed by atoms with Crippen molar-refractivity contribution in [2.24, 2.45) is 0 Å². The second-order valence-electron chi connectivity index (χ2n) is 5.73. The Morgan fingerprint density at radius 2 is 2.10 bits per heavy atom. The number of nitrogens with two attached hydrogens (primary N) is 1. The summed E-state index contributed by atoms with van der Waals surface area (Å²) >= 11 is 0. The molecule has 2 N–H and O–H groups in total. The fourth-order valence-corrected chi connectivity index (χ4v) is 3.20. The Bertz CT molecular complexity index is 543. The van der Waals surface area contributed by atoms with Crippen LogP contribution in [-0.2, 0) is 0 Å². The van der Waals surface area contributed by atoms with Gasteiger partial charge in [-0.2, -0.15) is 0 Å². The number of hydrogen-bond donors (Lipinski definition) is 1. The Morgan fingerprint density at radius 1 is 1.33 bits per heavy atom. The second kappa shape index (κ2) is 5.84. The number of ether oxygens (including phenoxy) is 2. The van der Waals surface area contributed by atoms with Crippen molar-refractivity contribution in [3.63, 3.8) is 0 Å². The third-order valence-electron chi connectivity index (χ3n) is 4.29. The van der Waals surface area contributed by atoms with Gasteiger partial charge in [-0.05, 0) is 31.7 Å². The molecule has 1 atom stereocenters. The number of piperidine rings is 1. The molecule has 0 saturated carbocycles. The largest absolute Gasteiger partial charge is 0.454 e. The van der Waals surface area contributed by atoms with Crippen LogP contribution in [0.5, 0.6) is 11.5 Å². The van der Waals surface area contributed by atoms with Crippen LogP contribution in [0.1, 0.15) is 49.4 Å². The number of fused-ring (bicyclic) bond motifs is 1. The van der Waals surface area contributed by atoms with E-state index >= 15 is 0 Å². The van der Waals surface area contributed by atoms with Crippen LogP contribution in [0, 0.1) is 0 Å². The standard InChI is InChI=1S/C16H22N2O3/c1-2-5-11-6-3-4-7-18(11)16(19)12-8-14-15(9-13(12)17)21-10-20-14/h8-9,11H,2-7,10,17H2,1H3. The van der Waals surface area contributed by atoms with Gasteiger partial charge in [0.25, 0.3) is 5.91 Å². The number of likely N-dealkylation sites (tertiary alicyclic amines) is 1. The summed E-state index contributed by atoms with van der Waals surface area (Å²) in [7, 11) is 0. The molecular formula is C16H22N2O3. The van der Waals surface area contributed by atoms with Crippen LogP contribution >= 0.6 is 0 Å². The van der Waals surface area contributed by atoms with Gasteiger partial charge in [-0.3, -0.25) is 4.79 Å². The second-order valence-corrected chi connectivity index (χ2v) is 5.73. The topological polar surface area (TPSA) is 64.8 Å².